The second-order valence-corrected chi connectivity index (χ2v) is 8.78. The summed E-state index contributed by atoms with van der Waals surface area (Å²) in [4.78, 5) is 21.0. The van der Waals surface area contributed by atoms with Crippen LogP contribution in [0.25, 0.3) is 11.0 Å². The molecule has 5 rings (SSSR count). The third kappa shape index (κ3) is 4.11. The lowest BCUT2D eigenvalue weighted by Crippen LogP contribution is -2.28. The van der Waals surface area contributed by atoms with Crippen LogP contribution in [0.2, 0.25) is 5.02 Å². The van der Waals surface area contributed by atoms with E-state index in [0.717, 1.165) is 27.9 Å². The fourth-order valence-corrected chi connectivity index (χ4v) is 4.49. The number of carbonyl (C=O) groups excluding carboxylic acids is 1. The van der Waals surface area contributed by atoms with Gasteiger partial charge in [0.15, 0.2) is 5.16 Å². The number of thioether (sulfide) groups is 1. The first kappa shape index (κ1) is 19.9. The third-order valence-electron chi connectivity index (χ3n) is 5.16. The van der Waals surface area contributed by atoms with Gasteiger partial charge in [-0.3, -0.25) is 4.79 Å². The highest BCUT2D eigenvalue weighted by molar-refractivity contribution is 7.99. The number of fused-ring (bicyclic) bond motifs is 1. The van der Waals surface area contributed by atoms with Crippen molar-refractivity contribution in [3.8, 4) is 0 Å². The topological polar surface area (TPSA) is 74.5 Å². The Labute approximate surface area is 188 Å². The molecule has 0 unspecified atom stereocenters. The molecule has 0 aliphatic carbocycles. The number of halogens is 1. The number of amides is 1. The Kier molecular flexibility index (Phi) is 5.29. The number of imidazole rings is 1. The molecular weight excluding hydrogens is 432 g/mol. The summed E-state index contributed by atoms with van der Waals surface area (Å²) in [6.45, 7) is 2.04. The number of hydrogen-bond acceptors (Lipinski definition) is 5. The van der Waals surface area contributed by atoms with Crippen molar-refractivity contribution in [2.45, 2.75) is 24.5 Å². The van der Waals surface area contributed by atoms with Crippen LogP contribution in [-0.2, 0) is 4.79 Å². The van der Waals surface area contributed by atoms with Gasteiger partial charge in [0.25, 0.3) is 5.91 Å². The number of aromatic amines is 1. The molecule has 0 fully saturated rings. The van der Waals surface area contributed by atoms with Crippen molar-refractivity contribution in [2.75, 3.05) is 5.75 Å². The molecule has 0 saturated carbocycles. The summed E-state index contributed by atoms with van der Waals surface area (Å²) in [6.07, 6.45) is 2.19. The predicted octanol–water partition coefficient (Wildman–Crippen LogP) is 5.59. The van der Waals surface area contributed by atoms with E-state index in [1.165, 1.54) is 16.8 Å². The Morgan fingerprint density at radius 1 is 1.26 bits per heavy atom. The first-order valence-electron chi connectivity index (χ1n) is 9.85. The molecule has 1 atom stereocenters. The SMILES string of the molecule is Cc1ccc2nc(SCC(=O)N3N=C(c4ccc(Cl)cc4)C[C@H]3c3ccco3)[nH]c2c1. The van der Waals surface area contributed by atoms with Crippen molar-refractivity contribution in [3.63, 3.8) is 0 Å². The zero-order valence-electron chi connectivity index (χ0n) is 16.7. The molecule has 1 N–H and O–H groups in total. The van der Waals surface area contributed by atoms with E-state index < -0.39 is 0 Å². The fourth-order valence-electron chi connectivity index (χ4n) is 3.62. The Hall–Kier alpha value is -3.03. The lowest BCUT2D eigenvalue weighted by molar-refractivity contribution is -0.130. The summed E-state index contributed by atoms with van der Waals surface area (Å²) < 4.78 is 5.60. The summed E-state index contributed by atoms with van der Waals surface area (Å²) >= 11 is 7.38. The van der Waals surface area contributed by atoms with Gasteiger partial charge >= 0.3 is 0 Å². The summed E-state index contributed by atoms with van der Waals surface area (Å²) in [5, 5.41) is 7.55. The monoisotopic (exact) mass is 450 g/mol. The van der Waals surface area contributed by atoms with Crippen LogP contribution in [0, 0.1) is 6.92 Å². The number of aromatic nitrogens is 2. The highest BCUT2D eigenvalue weighted by Crippen LogP contribution is 2.34. The second kappa shape index (κ2) is 8.24. The number of nitrogens with zero attached hydrogens (tertiary/aromatic N) is 3. The van der Waals surface area contributed by atoms with Crippen LogP contribution in [0.15, 0.2) is 75.5 Å². The number of nitrogens with one attached hydrogen (secondary N) is 1. The number of rotatable bonds is 5. The van der Waals surface area contributed by atoms with Gasteiger partial charge < -0.3 is 9.40 Å². The van der Waals surface area contributed by atoms with E-state index >= 15 is 0 Å². The second-order valence-electron chi connectivity index (χ2n) is 7.38. The molecule has 2 aromatic carbocycles. The number of furan rings is 1. The molecular formula is C23H19ClN4O2S. The van der Waals surface area contributed by atoms with E-state index in [2.05, 4.69) is 15.1 Å². The maximum absolute atomic E-state index is 13.1. The molecule has 0 bridgehead atoms. The summed E-state index contributed by atoms with van der Waals surface area (Å²) in [7, 11) is 0. The zero-order chi connectivity index (χ0) is 21.4. The quantitative estimate of drug-likeness (QED) is 0.402. The molecule has 31 heavy (non-hydrogen) atoms. The molecule has 0 radical (unpaired) electrons. The van der Waals surface area contributed by atoms with Crippen LogP contribution in [0.4, 0.5) is 0 Å². The molecule has 3 heterocycles. The van der Waals surface area contributed by atoms with Crippen LogP contribution in [0.1, 0.15) is 29.3 Å². The Balaban J connectivity index is 1.36. The number of carbonyl (C=O) groups is 1. The summed E-state index contributed by atoms with van der Waals surface area (Å²) in [6, 6.07) is 17.0. The van der Waals surface area contributed by atoms with Gasteiger partial charge in [0, 0.05) is 11.4 Å². The van der Waals surface area contributed by atoms with Gasteiger partial charge in [0.2, 0.25) is 0 Å². The van der Waals surface area contributed by atoms with Crippen molar-refractivity contribution >= 4 is 46.0 Å². The summed E-state index contributed by atoms with van der Waals surface area (Å²) in [5.74, 6) is 0.824. The van der Waals surface area contributed by atoms with Crippen molar-refractivity contribution < 1.29 is 9.21 Å². The maximum atomic E-state index is 13.1. The van der Waals surface area contributed by atoms with E-state index in [0.29, 0.717) is 22.4 Å². The van der Waals surface area contributed by atoms with E-state index in [4.69, 9.17) is 16.0 Å². The number of hydrogen-bond donors (Lipinski definition) is 1. The Morgan fingerprint density at radius 2 is 2.10 bits per heavy atom. The molecule has 0 saturated heterocycles. The minimum absolute atomic E-state index is 0.105. The van der Waals surface area contributed by atoms with E-state index in [9.17, 15) is 4.79 Å². The first-order chi connectivity index (χ1) is 15.1. The molecule has 1 amide bonds. The van der Waals surface area contributed by atoms with Crippen LogP contribution >= 0.6 is 23.4 Å². The van der Waals surface area contributed by atoms with Crippen molar-refractivity contribution in [1.82, 2.24) is 15.0 Å². The Bertz CT molecular complexity index is 1260. The van der Waals surface area contributed by atoms with Crippen LogP contribution in [0.5, 0.6) is 0 Å². The molecule has 156 valence electrons. The minimum Gasteiger partial charge on any atom is -0.467 e. The van der Waals surface area contributed by atoms with Gasteiger partial charge in [-0.15, -0.1) is 0 Å². The van der Waals surface area contributed by atoms with Gasteiger partial charge in [0.05, 0.1) is 28.8 Å². The number of H-pyrrole nitrogens is 1. The number of aryl methyl sites for hydroxylation is 1. The first-order valence-corrected chi connectivity index (χ1v) is 11.2. The third-order valence-corrected chi connectivity index (χ3v) is 6.27. The predicted molar refractivity (Wildman–Crippen MR) is 122 cm³/mol. The smallest absolute Gasteiger partial charge is 0.253 e. The standard InChI is InChI=1S/C23H19ClN4O2S/c1-14-4-9-17-19(11-14)26-23(25-17)31-13-22(29)28-20(21-3-2-10-30-21)12-18(27-28)15-5-7-16(24)8-6-15/h2-11,20H,12-13H2,1H3,(H,25,26)/t20-/m0/s1. The highest BCUT2D eigenvalue weighted by Gasteiger charge is 2.34. The largest absolute Gasteiger partial charge is 0.467 e. The van der Waals surface area contributed by atoms with Gasteiger partial charge in [-0.2, -0.15) is 5.10 Å². The Morgan fingerprint density at radius 3 is 2.87 bits per heavy atom. The van der Waals surface area contributed by atoms with Crippen molar-refractivity contribution in [1.29, 1.82) is 0 Å². The highest BCUT2D eigenvalue weighted by atomic mass is 35.5. The normalized spacial score (nSPS) is 16.1. The summed E-state index contributed by atoms with van der Waals surface area (Å²) in [5.41, 5.74) is 4.78. The molecule has 8 heteroatoms. The molecule has 6 nitrogen and oxygen atoms in total. The zero-order valence-corrected chi connectivity index (χ0v) is 18.3. The minimum atomic E-state index is -0.271. The lowest BCUT2D eigenvalue weighted by Gasteiger charge is -2.19. The molecule has 4 aromatic rings. The average molecular weight is 451 g/mol. The molecule has 2 aromatic heterocycles. The lowest BCUT2D eigenvalue weighted by atomic mass is 10.0. The fraction of sp³-hybridized carbons (Fsp3) is 0.174. The van der Waals surface area contributed by atoms with Crippen LogP contribution in [0.3, 0.4) is 0 Å². The van der Waals surface area contributed by atoms with Gasteiger partial charge in [0.1, 0.15) is 11.8 Å². The average Bonchev–Trinajstić information content (AvgIpc) is 3.50. The van der Waals surface area contributed by atoms with Gasteiger partial charge in [-0.25, -0.2) is 9.99 Å². The number of hydrazone groups is 1. The van der Waals surface area contributed by atoms with Crippen molar-refractivity contribution in [2.24, 2.45) is 5.10 Å². The van der Waals surface area contributed by atoms with E-state index in [1.54, 1.807) is 6.26 Å². The number of benzene rings is 2. The molecule has 1 aliphatic rings. The van der Waals surface area contributed by atoms with Gasteiger partial charge in [-0.05, 0) is 54.4 Å². The van der Waals surface area contributed by atoms with Crippen molar-refractivity contribution in [3.05, 3.63) is 82.8 Å². The maximum Gasteiger partial charge on any atom is 0.253 e. The van der Waals surface area contributed by atoms with Crippen LogP contribution in [-0.4, -0.2) is 32.3 Å². The molecule has 1 aliphatic heterocycles. The van der Waals surface area contributed by atoms with Crippen LogP contribution < -0.4 is 0 Å². The van der Waals surface area contributed by atoms with E-state index in [-0.39, 0.29) is 17.7 Å². The molecule has 0 spiro atoms. The van der Waals surface area contributed by atoms with E-state index in [1.807, 2.05) is 61.5 Å². The van der Waals surface area contributed by atoms with Gasteiger partial charge in [-0.1, -0.05) is 41.6 Å².